The SMILES string of the molecule is COc1cc2nccc(Oc3ccc(NC(=O)c4c(C)c(Br)cn(-c5ccc(F)cc5)c4=O)cc3F)c2cc1OC. The van der Waals surface area contributed by atoms with E-state index in [4.69, 9.17) is 14.2 Å². The quantitative estimate of drug-likeness (QED) is 0.215. The van der Waals surface area contributed by atoms with E-state index in [2.05, 4.69) is 26.2 Å². The lowest BCUT2D eigenvalue weighted by atomic mass is 10.1. The van der Waals surface area contributed by atoms with Crippen LogP contribution in [0.1, 0.15) is 15.9 Å². The molecule has 1 N–H and O–H groups in total. The van der Waals surface area contributed by atoms with Crippen molar-refractivity contribution in [1.82, 2.24) is 9.55 Å². The molecule has 2 heterocycles. The maximum absolute atomic E-state index is 15.2. The minimum absolute atomic E-state index is 0.0948. The van der Waals surface area contributed by atoms with E-state index in [1.165, 1.54) is 67.6 Å². The minimum atomic E-state index is -0.747. The maximum atomic E-state index is 15.2. The number of carbonyl (C=O) groups excluding carboxylic acids is 1. The molecule has 5 aromatic rings. The highest BCUT2D eigenvalue weighted by molar-refractivity contribution is 9.10. The Morgan fingerprint density at radius 3 is 2.32 bits per heavy atom. The number of hydrogen-bond donors (Lipinski definition) is 1. The lowest BCUT2D eigenvalue weighted by Crippen LogP contribution is -2.30. The number of halogens is 3. The molecule has 208 valence electrons. The molecule has 0 saturated heterocycles. The van der Waals surface area contributed by atoms with Gasteiger partial charge in [-0.15, -0.1) is 0 Å². The molecule has 3 aromatic carbocycles. The average molecular weight is 622 g/mol. The Kier molecular flexibility index (Phi) is 7.71. The van der Waals surface area contributed by atoms with Crippen LogP contribution in [0.5, 0.6) is 23.0 Å². The lowest BCUT2D eigenvalue weighted by Gasteiger charge is -2.14. The van der Waals surface area contributed by atoms with Gasteiger partial charge in [-0.3, -0.25) is 19.1 Å². The van der Waals surface area contributed by atoms with E-state index in [9.17, 15) is 14.0 Å². The Hall–Kier alpha value is -4.77. The summed E-state index contributed by atoms with van der Waals surface area (Å²) in [7, 11) is 3.01. The summed E-state index contributed by atoms with van der Waals surface area (Å²) in [5.74, 6) is -0.765. The van der Waals surface area contributed by atoms with Crippen molar-refractivity contribution in [2.45, 2.75) is 6.92 Å². The van der Waals surface area contributed by atoms with E-state index >= 15 is 4.39 Å². The second kappa shape index (κ2) is 11.4. The summed E-state index contributed by atoms with van der Waals surface area (Å²) in [6, 6.07) is 14.1. The molecule has 0 aliphatic heterocycles. The molecule has 0 radical (unpaired) electrons. The van der Waals surface area contributed by atoms with Gasteiger partial charge < -0.3 is 19.5 Å². The molecular weight excluding hydrogens is 600 g/mol. The monoisotopic (exact) mass is 621 g/mol. The third-order valence-corrected chi connectivity index (χ3v) is 7.16. The van der Waals surface area contributed by atoms with Crippen LogP contribution < -0.4 is 25.1 Å². The number of amides is 1. The normalized spacial score (nSPS) is 10.9. The van der Waals surface area contributed by atoms with Gasteiger partial charge in [0.1, 0.15) is 17.1 Å². The van der Waals surface area contributed by atoms with Crippen LogP contribution in [-0.4, -0.2) is 29.7 Å². The lowest BCUT2D eigenvalue weighted by molar-refractivity contribution is 0.102. The van der Waals surface area contributed by atoms with Gasteiger partial charge in [0.2, 0.25) is 0 Å². The van der Waals surface area contributed by atoms with Crippen LogP contribution in [0.25, 0.3) is 16.6 Å². The van der Waals surface area contributed by atoms with Gasteiger partial charge in [0, 0.05) is 45.8 Å². The third kappa shape index (κ3) is 5.48. The Bertz CT molecular complexity index is 1860. The van der Waals surface area contributed by atoms with Crippen LogP contribution in [0.2, 0.25) is 0 Å². The number of pyridine rings is 2. The number of hydrogen-bond acceptors (Lipinski definition) is 6. The number of nitrogens with one attached hydrogen (secondary N) is 1. The van der Waals surface area contributed by atoms with E-state index in [-0.39, 0.29) is 17.0 Å². The molecule has 11 heteroatoms. The highest BCUT2D eigenvalue weighted by Crippen LogP contribution is 2.37. The second-order valence-electron chi connectivity index (χ2n) is 8.86. The Balaban J connectivity index is 1.43. The molecule has 8 nitrogen and oxygen atoms in total. The number of benzene rings is 3. The van der Waals surface area contributed by atoms with E-state index in [0.717, 1.165) is 6.07 Å². The van der Waals surface area contributed by atoms with Gasteiger partial charge >= 0.3 is 0 Å². The van der Waals surface area contributed by atoms with Crippen LogP contribution in [-0.2, 0) is 0 Å². The fourth-order valence-corrected chi connectivity index (χ4v) is 4.64. The first-order valence-corrected chi connectivity index (χ1v) is 13.0. The molecule has 0 spiro atoms. The summed E-state index contributed by atoms with van der Waals surface area (Å²) in [5.41, 5.74) is 0.656. The van der Waals surface area contributed by atoms with E-state index in [1.807, 2.05) is 0 Å². The van der Waals surface area contributed by atoms with Gasteiger partial charge in [-0.2, -0.15) is 0 Å². The van der Waals surface area contributed by atoms with Crippen LogP contribution in [0.15, 0.2) is 82.3 Å². The van der Waals surface area contributed by atoms with E-state index < -0.39 is 23.1 Å². The highest BCUT2D eigenvalue weighted by Gasteiger charge is 2.20. The van der Waals surface area contributed by atoms with Crippen molar-refractivity contribution in [1.29, 1.82) is 0 Å². The minimum Gasteiger partial charge on any atom is -0.493 e. The van der Waals surface area contributed by atoms with Crippen molar-refractivity contribution >= 4 is 38.4 Å². The van der Waals surface area contributed by atoms with Crippen LogP contribution >= 0.6 is 15.9 Å². The fraction of sp³-hybridized carbons (Fsp3) is 0.100. The number of rotatable bonds is 7. The highest BCUT2D eigenvalue weighted by atomic mass is 79.9. The first kappa shape index (κ1) is 27.8. The topological polar surface area (TPSA) is 91.7 Å². The molecule has 0 bridgehead atoms. The van der Waals surface area contributed by atoms with Crippen molar-refractivity contribution in [3.8, 4) is 28.7 Å². The van der Waals surface area contributed by atoms with Crippen LogP contribution in [0, 0.1) is 18.6 Å². The predicted molar refractivity (Wildman–Crippen MR) is 154 cm³/mol. The molecule has 0 atom stereocenters. The maximum Gasteiger partial charge on any atom is 0.268 e. The van der Waals surface area contributed by atoms with Crippen molar-refractivity contribution < 1.29 is 27.8 Å². The summed E-state index contributed by atoms with van der Waals surface area (Å²) in [5, 5.41) is 3.15. The zero-order valence-corrected chi connectivity index (χ0v) is 23.6. The molecule has 0 saturated carbocycles. The summed E-state index contributed by atoms with van der Waals surface area (Å²) in [6.07, 6.45) is 3.02. The number of fused-ring (bicyclic) bond motifs is 1. The van der Waals surface area contributed by atoms with Gasteiger partial charge in [0.05, 0.1) is 19.7 Å². The number of methoxy groups -OCH3 is 2. The molecular formula is C30H22BrF2N3O5. The van der Waals surface area contributed by atoms with Gasteiger partial charge in [-0.25, -0.2) is 8.78 Å². The molecule has 5 rings (SSSR count). The molecule has 0 fully saturated rings. The summed E-state index contributed by atoms with van der Waals surface area (Å²) in [4.78, 5) is 30.8. The zero-order chi connectivity index (χ0) is 29.3. The zero-order valence-electron chi connectivity index (χ0n) is 22.0. The summed E-state index contributed by atoms with van der Waals surface area (Å²) in [6.45, 7) is 1.61. The Morgan fingerprint density at radius 1 is 0.927 bits per heavy atom. The molecule has 41 heavy (non-hydrogen) atoms. The number of aromatic nitrogens is 2. The van der Waals surface area contributed by atoms with E-state index in [1.54, 1.807) is 25.1 Å². The van der Waals surface area contributed by atoms with Crippen molar-refractivity contribution in [2.24, 2.45) is 0 Å². The first-order chi connectivity index (χ1) is 19.7. The van der Waals surface area contributed by atoms with Crippen LogP contribution in [0.4, 0.5) is 14.5 Å². The van der Waals surface area contributed by atoms with Gasteiger partial charge in [0.15, 0.2) is 23.1 Å². The molecule has 1 amide bonds. The fourth-order valence-electron chi connectivity index (χ4n) is 4.24. The van der Waals surface area contributed by atoms with Crippen molar-refractivity contribution in [2.75, 3.05) is 19.5 Å². The van der Waals surface area contributed by atoms with Gasteiger partial charge in [0.25, 0.3) is 11.5 Å². The van der Waals surface area contributed by atoms with Crippen molar-refractivity contribution in [3.05, 3.63) is 111 Å². The number of ether oxygens (including phenoxy) is 3. The van der Waals surface area contributed by atoms with Crippen molar-refractivity contribution in [3.63, 3.8) is 0 Å². The number of carbonyl (C=O) groups is 1. The van der Waals surface area contributed by atoms with Crippen LogP contribution in [0.3, 0.4) is 0 Å². The second-order valence-corrected chi connectivity index (χ2v) is 9.72. The largest absolute Gasteiger partial charge is 0.493 e. The Labute approximate surface area is 241 Å². The molecule has 0 unspecified atom stereocenters. The van der Waals surface area contributed by atoms with E-state index in [0.29, 0.717) is 43.9 Å². The summed E-state index contributed by atoms with van der Waals surface area (Å²) >= 11 is 3.37. The smallest absolute Gasteiger partial charge is 0.268 e. The number of anilines is 1. The first-order valence-electron chi connectivity index (χ1n) is 12.2. The predicted octanol–water partition coefficient (Wildman–Crippen LogP) is 6.80. The standard InChI is InChI=1S/C30H22BrF2N3O5/c1-16-21(31)15-36(19-7-4-17(32)5-8-19)30(38)28(16)29(37)35-18-6-9-25(22(33)12-18)41-24-10-11-34-23-14-27(40-3)26(39-2)13-20(23)24/h4-15H,1-3H3,(H,35,37). The number of nitrogens with zero attached hydrogens (tertiary/aromatic N) is 2. The molecule has 2 aromatic heterocycles. The van der Waals surface area contributed by atoms with Gasteiger partial charge in [-0.05, 0) is 76.9 Å². The van der Waals surface area contributed by atoms with Gasteiger partial charge in [-0.1, -0.05) is 0 Å². The average Bonchev–Trinajstić information content (AvgIpc) is 2.96. The molecule has 0 aliphatic carbocycles. The third-order valence-electron chi connectivity index (χ3n) is 6.36. The summed E-state index contributed by atoms with van der Waals surface area (Å²) < 4.78 is 46.8. The Morgan fingerprint density at radius 2 is 1.63 bits per heavy atom. The molecule has 0 aliphatic rings.